The molecular formula is C15H18N2S. The van der Waals surface area contributed by atoms with E-state index in [1.165, 1.54) is 21.6 Å². The van der Waals surface area contributed by atoms with E-state index in [0.717, 1.165) is 32.6 Å². The lowest BCUT2D eigenvalue weighted by Crippen LogP contribution is -2.24. The number of rotatable bonds is 4. The molecule has 2 N–H and O–H groups in total. The molecule has 0 saturated carbocycles. The van der Waals surface area contributed by atoms with Gasteiger partial charge < -0.3 is 10.6 Å². The summed E-state index contributed by atoms with van der Waals surface area (Å²) in [7, 11) is 0. The molecule has 1 aliphatic heterocycles. The number of nitrogens with one attached hydrogen (secondary N) is 2. The molecule has 0 aliphatic carbocycles. The molecule has 2 heterocycles. The molecule has 1 aliphatic rings. The van der Waals surface area contributed by atoms with Crippen LogP contribution in [0.5, 0.6) is 0 Å². The Hall–Kier alpha value is -1.16. The van der Waals surface area contributed by atoms with Gasteiger partial charge in [0.25, 0.3) is 0 Å². The molecule has 3 rings (SSSR count). The van der Waals surface area contributed by atoms with E-state index < -0.39 is 0 Å². The fourth-order valence-electron chi connectivity index (χ4n) is 2.39. The molecule has 94 valence electrons. The Morgan fingerprint density at radius 3 is 3.06 bits per heavy atom. The Kier molecular flexibility index (Phi) is 3.74. The Morgan fingerprint density at radius 2 is 2.17 bits per heavy atom. The lowest BCUT2D eigenvalue weighted by atomic mass is 9.98. The second kappa shape index (κ2) is 5.65. The number of fused-ring (bicyclic) bond motifs is 1. The molecule has 0 bridgehead atoms. The highest BCUT2D eigenvalue weighted by Crippen LogP contribution is 2.16. The van der Waals surface area contributed by atoms with Gasteiger partial charge in [-0.2, -0.15) is 0 Å². The van der Waals surface area contributed by atoms with Crippen molar-refractivity contribution in [1.82, 2.24) is 10.6 Å². The highest BCUT2D eigenvalue weighted by molar-refractivity contribution is 7.09. The highest BCUT2D eigenvalue weighted by atomic mass is 32.1. The quantitative estimate of drug-likeness (QED) is 0.881. The smallest absolute Gasteiger partial charge is 0.0302 e. The summed E-state index contributed by atoms with van der Waals surface area (Å²) in [4.78, 5) is 1.40. The van der Waals surface area contributed by atoms with Crippen LogP contribution in [0, 0.1) is 0 Å². The summed E-state index contributed by atoms with van der Waals surface area (Å²) in [5.41, 5.74) is 4.36. The third-order valence-electron chi connectivity index (χ3n) is 3.37. The molecule has 2 nitrogen and oxygen atoms in total. The lowest BCUT2D eigenvalue weighted by molar-refractivity contribution is 0.639. The largest absolute Gasteiger partial charge is 0.312 e. The molecule has 0 amide bonds. The van der Waals surface area contributed by atoms with Crippen LogP contribution >= 0.6 is 11.3 Å². The molecule has 3 heteroatoms. The molecule has 0 saturated heterocycles. The zero-order valence-corrected chi connectivity index (χ0v) is 11.2. The van der Waals surface area contributed by atoms with Gasteiger partial charge in [0.2, 0.25) is 0 Å². The van der Waals surface area contributed by atoms with Crippen LogP contribution in [0.2, 0.25) is 0 Å². The summed E-state index contributed by atoms with van der Waals surface area (Å²) in [5.74, 6) is 0. The van der Waals surface area contributed by atoms with Gasteiger partial charge in [-0.3, -0.25) is 0 Å². The fraction of sp³-hybridized carbons (Fsp3) is 0.333. The van der Waals surface area contributed by atoms with Crippen LogP contribution in [0.4, 0.5) is 0 Å². The molecule has 0 atom stereocenters. The van der Waals surface area contributed by atoms with Gasteiger partial charge in [-0.1, -0.05) is 24.3 Å². The summed E-state index contributed by atoms with van der Waals surface area (Å²) in [6, 6.07) is 11.2. The van der Waals surface area contributed by atoms with Crippen molar-refractivity contribution in [3.63, 3.8) is 0 Å². The second-order valence-corrected chi connectivity index (χ2v) is 5.75. The van der Waals surface area contributed by atoms with Crippen molar-refractivity contribution in [2.24, 2.45) is 0 Å². The minimum Gasteiger partial charge on any atom is -0.312 e. The third kappa shape index (κ3) is 2.80. The van der Waals surface area contributed by atoms with Crippen LogP contribution in [0.15, 0.2) is 35.7 Å². The predicted octanol–water partition coefficient (Wildman–Crippen LogP) is 2.68. The number of hydrogen-bond acceptors (Lipinski definition) is 3. The van der Waals surface area contributed by atoms with Crippen LogP contribution in [0.1, 0.15) is 21.6 Å². The van der Waals surface area contributed by atoms with Gasteiger partial charge in [0.05, 0.1) is 0 Å². The average Bonchev–Trinajstić information content (AvgIpc) is 2.92. The Labute approximate surface area is 112 Å². The fourth-order valence-corrected chi connectivity index (χ4v) is 3.06. The average molecular weight is 258 g/mol. The maximum Gasteiger partial charge on any atom is 0.0302 e. The van der Waals surface area contributed by atoms with Gasteiger partial charge in [0.1, 0.15) is 0 Å². The molecule has 0 fully saturated rings. The van der Waals surface area contributed by atoms with E-state index in [9.17, 15) is 0 Å². The van der Waals surface area contributed by atoms with Crippen LogP contribution in [0.25, 0.3) is 0 Å². The van der Waals surface area contributed by atoms with Gasteiger partial charge in [0.15, 0.2) is 0 Å². The molecule has 0 spiro atoms. The van der Waals surface area contributed by atoms with Crippen molar-refractivity contribution < 1.29 is 0 Å². The van der Waals surface area contributed by atoms with Crippen molar-refractivity contribution in [1.29, 1.82) is 0 Å². The summed E-state index contributed by atoms with van der Waals surface area (Å²) >= 11 is 1.81. The first-order valence-corrected chi connectivity index (χ1v) is 7.34. The maximum atomic E-state index is 3.50. The predicted molar refractivity (Wildman–Crippen MR) is 76.7 cm³/mol. The maximum absolute atomic E-state index is 3.50. The summed E-state index contributed by atoms with van der Waals surface area (Å²) in [6.45, 7) is 4.05. The van der Waals surface area contributed by atoms with E-state index in [1.807, 2.05) is 11.3 Å². The Morgan fingerprint density at radius 1 is 1.17 bits per heavy atom. The molecule has 0 unspecified atom stereocenters. The summed E-state index contributed by atoms with van der Waals surface area (Å²) in [5, 5.41) is 9.06. The van der Waals surface area contributed by atoms with Crippen molar-refractivity contribution >= 4 is 11.3 Å². The van der Waals surface area contributed by atoms with E-state index >= 15 is 0 Å². The van der Waals surface area contributed by atoms with Crippen molar-refractivity contribution in [3.8, 4) is 0 Å². The monoisotopic (exact) mass is 258 g/mol. The lowest BCUT2D eigenvalue weighted by Gasteiger charge is -2.18. The molecule has 1 aromatic carbocycles. The molecule has 1 aromatic heterocycles. The van der Waals surface area contributed by atoms with E-state index in [0.29, 0.717) is 0 Å². The first-order valence-electron chi connectivity index (χ1n) is 6.46. The first kappa shape index (κ1) is 11.9. The van der Waals surface area contributed by atoms with Crippen molar-refractivity contribution in [3.05, 3.63) is 57.3 Å². The molecule has 0 radical (unpaired) electrons. The molecular weight excluding hydrogens is 240 g/mol. The zero-order valence-electron chi connectivity index (χ0n) is 10.4. The van der Waals surface area contributed by atoms with Gasteiger partial charge in [-0.05, 0) is 41.1 Å². The van der Waals surface area contributed by atoms with Gasteiger partial charge in [-0.15, -0.1) is 11.3 Å². The topological polar surface area (TPSA) is 24.1 Å². The summed E-state index contributed by atoms with van der Waals surface area (Å²) < 4.78 is 0. The number of hydrogen-bond donors (Lipinski definition) is 2. The highest BCUT2D eigenvalue weighted by Gasteiger charge is 2.08. The minimum absolute atomic E-state index is 0.950. The van der Waals surface area contributed by atoms with Gasteiger partial charge >= 0.3 is 0 Å². The van der Waals surface area contributed by atoms with Gasteiger partial charge in [0, 0.05) is 24.5 Å². The third-order valence-corrected chi connectivity index (χ3v) is 4.24. The van der Waals surface area contributed by atoms with Crippen LogP contribution in [0.3, 0.4) is 0 Å². The summed E-state index contributed by atoms with van der Waals surface area (Å²) in [6.07, 6.45) is 1.16. The Balaban J connectivity index is 1.59. The van der Waals surface area contributed by atoms with Gasteiger partial charge in [-0.25, -0.2) is 0 Å². The normalized spacial score (nSPS) is 14.4. The van der Waals surface area contributed by atoms with Crippen molar-refractivity contribution in [2.45, 2.75) is 26.1 Å². The van der Waals surface area contributed by atoms with E-state index in [-0.39, 0.29) is 0 Å². The van der Waals surface area contributed by atoms with Crippen LogP contribution < -0.4 is 10.6 Å². The standard InChI is InChI=1S/C15H18N2S/c1-2-15(18-7-1)11-17-9-12-3-4-13-5-6-16-10-14(13)8-12/h1-4,7-8,16-17H,5-6,9-11H2. The van der Waals surface area contributed by atoms with E-state index in [1.54, 1.807) is 0 Å². The SMILES string of the molecule is c1csc(CNCc2ccc3c(c2)CNCC3)c1. The number of benzene rings is 1. The van der Waals surface area contributed by atoms with E-state index in [2.05, 4.69) is 46.3 Å². The molecule has 2 aromatic rings. The van der Waals surface area contributed by atoms with Crippen LogP contribution in [-0.4, -0.2) is 6.54 Å². The minimum atomic E-state index is 0.950. The second-order valence-electron chi connectivity index (χ2n) is 4.71. The Bertz CT molecular complexity index is 505. The van der Waals surface area contributed by atoms with Crippen LogP contribution in [-0.2, 0) is 26.1 Å². The molecule has 18 heavy (non-hydrogen) atoms. The zero-order chi connectivity index (χ0) is 12.2. The van der Waals surface area contributed by atoms with Crippen molar-refractivity contribution in [2.75, 3.05) is 6.54 Å². The van der Waals surface area contributed by atoms with E-state index in [4.69, 9.17) is 0 Å². The first-order chi connectivity index (χ1) is 8.92. The number of thiophene rings is 1.